The summed E-state index contributed by atoms with van der Waals surface area (Å²) < 4.78 is 22.4. The Hall–Kier alpha value is -1.54. The molecule has 28 heavy (non-hydrogen) atoms. The summed E-state index contributed by atoms with van der Waals surface area (Å²) in [5.74, 6) is 1.01. The Bertz CT molecular complexity index is 671. The SMILES string of the molecule is COCCCOc1cc(CC2(NC(=O)OC(C)(C)C)CCC2)c(Br)nc1OC. The van der Waals surface area contributed by atoms with Gasteiger partial charge in [-0.3, -0.25) is 0 Å². The number of rotatable bonds is 9. The molecular weight excluding hydrogens is 428 g/mol. The molecule has 0 saturated heterocycles. The molecule has 158 valence electrons. The topological polar surface area (TPSA) is 78.9 Å². The molecule has 7 nitrogen and oxygen atoms in total. The van der Waals surface area contributed by atoms with E-state index in [1.165, 1.54) is 0 Å². The lowest BCUT2D eigenvalue weighted by Gasteiger charge is -2.43. The number of aromatic nitrogens is 1. The van der Waals surface area contributed by atoms with Gasteiger partial charge >= 0.3 is 6.09 Å². The van der Waals surface area contributed by atoms with Crippen molar-refractivity contribution < 1.29 is 23.7 Å². The van der Waals surface area contributed by atoms with Gasteiger partial charge in [0.25, 0.3) is 5.88 Å². The van der Waals surface area contributed by atoms with Gasteiger partial charge in [-0.15, -0.1) is 0 Å². The van der Waals surface area contributed by atoms with E-state index in [9.17, 15) is 4.79 Å². The number of methoxy groups -OCH3 is 2. The van der Waals surface area contributed by atoms with E-state index < -0.39 is 5.60 Å². The highest BCUT2D eigenvalue weighted by atomic mass is 79.9. The molecule has 0 spiro atoms. The number of hydrogen-bond donors (Lipinski definition) is 1. The molecule has 0 bridgehead atoms. The molecule has 2 rings (SSSR count). The summed E-state index contributed by atoms with van der Waals surface area (Å²) >= 11 is 3.53. The lowest BCUT2D eigenvalue weighted by atomic mass is 9.73. The number of alkyl carbamates (subject to hydrolysis) is 1. The number of hydrogen-bond acceptors (Lipinski definition) is 6. The molecule has 1 heterocycles. The van der Waals surface area contributed by atoms with Gasteiger partial charge < -0.3 is 24.3 Å². The van der Waals surface area contributed by atoms with E-state index in [0.717, 1.165) is 31.2 Å². The fraction of sp³-hybridized carbons (Fsp3) is 0.700. The molecule has 1 aromatic heterocycles. The highest BCUT2D eigenvalue weighted by Gasteiger charge is 2.40. The zero-order valence-electron chi connectivity index (χ0n) is 17.4. The smallest absolute Gasteiger partial charge is 0.408 e. The predicted octanol–water partition coefficient (Wildman–Crippen LogP) is 4.26. The molecule has 0 atom stereocenters. The minimum absolute atomic E-state index is 0.325. The van der Waals surface area contributed by atoms with E-state index in [4.69, 9.17) is 18.9 Å². The lowest BCUT2D eigenvalue weighted by molar-refractivity contribution is 0.0383. The van der Waals surface area contributed by atoms with Crippen LogP contribution in [0.5, 0.6) is 11.6 Å². The van der Waals surface area contributed by atoms with Crippen molar-refractivity contribution >= 4 is 22.0 Å². The van der Waals surface area contributed by atoms with E-state index >= 15 is 0 Å². The summed E-state index contributed by atoms with van der Waals surface area (Å²) in [4.78, 5) is 16.8. The van der Waals surface area contributed by atoms with E-state index in [0.29, 0.717) is 35.9 Å². The van der Waals surface area contributed by atoms with Crippen LogP contribution < -0.4 is 14.8 Å². The normalized spacial score (nSPS) is 15.5. The maximum absolute atomic E-state index is 12.3. The standard InChI is InChI=1S/C20H31BrN2O5/c1-19(2,3)28-18(24)23-20(8-6-9-20)13-14-12-15(27-11-7-10-25-4)17(26-5)22-16(14)21/h12H,6-11,13H2,1-5H3,(H,23,24). The van der Waals surface area contributed by atoms with Gasteiger partial charge in [0.1, 0.15) is 10.2 Å². The second-order valence-corrected chi connectivity index (χ2v) is 8.83. The van der Waals surface area contributed by atoms with Crippen LogP contribution in [0, 0.1) is 0 Å². The molecule has 8 heteroatoms. The third-order valence-electron chi connectivity index (χ3n) is 4.53. The summed E-state index contributed by atoms with van der Waals surface area (Å²) in [5, 5.41) is 3.07. The van der Waals surface area contributed by atoms with Crippen LogP contribution >= 0.6 is 15.9 Å². The Morgan fingerprint density at radius 3 is 2.54 bits per heavy atom. The number of carbonyl (C=O) groups is 1. The average Bonchev–Trinajstić information content (AvgIpc) is 2.57. The minimum Gasteiger partial charge on any atom is -0.488 e. The second kappa shape index (κ2) is 9.78. The van der Waals surface area contributed by atoms with Crippen LogP contribution in [-0.4, -0.2) is 49.7 Å². The first-order chi connectivity index (χ1) is 13.2. The van der Waals surface area contributed by atoms with Gasteiger partial charge in [-0.25, -0.2) is 9.78 Å². The molecule has 1 aliphatic carbocycles. The Labute approximate surface area is 175 Å². The highest BCUT2D eigenvalue weighted by Crippen LogP contribution is 2.39. The van der Waals surface area contributed by atoms with Crippen LogP contribution in [0.25, 0.3) is 0 Å². The van der Waals surface area contributed by atoms with Crippen LogP contribution in [0.2, 0.25) is 0 Å². The summed E-state index contributed by atoms with van der Waals surface area (Å²) in [6, 6.07) is 1.93. The molecule has 1 fully saturated rings. The van der Waals surface area contributed by atoms with E-state index in [-0.39, 0.29) is 11.6 Å². The van der Waals surface area contributed by atoms with E-state index in [1.54, 1.807) is 14.2 Å². The van der Waals surface area contributed by atoms with Crippen molar-refractivity contribution in [1.82, 2.24) is 10.3 Å². The molecule has 0 unspecified atom stereocenters. The molecule has 1 amide bonds. The Morgan fingerprint density at radius 2 is 2.00 bits per heavy atom. The van der Waals surface area contributed by atoms with Gasteiger partial charge in [0, 0.05) is 25.7 Å². The highest BCUT2D eigenvalue weighted by molar-refractivity contribution is 9.10. The van der Waals surface area contributed by atoms with Gasteiger partial charge in [-0.1, -0.05) is 0 Å². The van der Waals surface area contributed by atoms with Crippen molar-refractivity contribution in [2.24, 2.45) is 0 Å². The van der Waals surface area contributed by atoms with Gasteiger partial charge in [-0.2, -0.15) is 0 Å². The number of nitrogens with zero attached hydrogens (tertiary/aromatic N) is 1. The molecule has 0 radical (unpaired) electrons. The maximum Gasteiger partial charge on any atom is 0.408 e. The third-order valence-corrected chi connectivity index (χ3v) is 5.22. The Morgan fingerprint density at radius 1 is 1.29 bits per heavy atom. The van der Waals surface area contributed by atoms with Gasteiger partial charge in [0.05, 0.1) is 13.7 Å². The summed E-state index contributed by atoms with van der Waals surface area (Å²) in [5.41, 5.74) is 0.105. The number of carbonyl (C=O) groups excluding carboxylic acids is 1. The summed E-state index contributed by atoms with van der Waals surface area (Å²) in [7, 11) is 3.23. The van der Waals surface area contributed by atoms with Crippen molar-refractivity contribution in [2.75, 3.05) is 27.4 Å². The predicted molar refractivity (Wildman–Crippen MR) is 110 cm³/mol. The number of halogens is 1. The molecule has 0 aromatic carbocycles. The third kappa shape index (κ3) is 6.51. The van der Waals surface area contributed by atoms with Gasteiger partial charge in [0.15, 0.2) is 5.75 Å². The number of ether oxygens (including phenoxy) is 4. The number of nitrogens with one attached hydrogen (secondary N) is 1. The van der Waals surface area contributed by atoms with Crippen molar-refractivity contribution in [3.63, 3.8) is 0 Å². The zero-order chi connectivity index (χ0) is 20.8. The molecule has 1 N–H and O–H groups in total. The Balaban J connectivity index is 2.13. The largest absolute Gasteiger partial charge is 0.488 e. The maximum atomic E-state index is 12.3. The Kier molecular flexibility index (Phi) is 7.95. The average molecular weight is 459 g/mol. The monoisotopic (exact) mass is 458 g/mol. The number of amides is 1. The minimum atomic E-state index is -0.527. The van der Waals surface area contributed by atoms with Crippen molar-refractivity contribution in [3.8, 4) is 11.6 Å². The zero-order valence-corrected chi connectivity index (χ0v) is 19.0. The van der Waals surface area contributed by atoms with Crippen LogP contribution in [0.3, 0.4) is 0 Å². The van der Waals surface area contributed by atoms with Gasteiger partial charge in [-0.05, 0) is 74.0 Å². The second-order valence-electron chi connectivity index (χ2n) is 8.08. The molecule has 1 saturated carbocycles. The molecule has 1 aromatic rings. The first-order valence-electron chi connectivity index (χ1n) is 9.54. The first-order valence-corrected chi connectivity index (χ1v) is 10.3. The summed E-state index contributed by atoms with van der Waals surface area (Å²) in [6.45, 7) is 6.71. The molecule has 1 aliphatic rings. The van der Waals surface area contributed by atoms with Crippen LogP contribution in [0.1, 0.15) is 52.0 Å². The van der Waals surface area contributed by atoms with Crippen LogP contribution in [0.15, 0.2) is 10.7 Å². The van der Waals surface area contributed by atoms with Crippen LogP contribution in [0.4, 0.5) is 4.79 Å². The number of pyridine rings is 1. The molecule has 0 aliphatic heterocycles. The van der Waals surface area contributed by atoms with Crippen molar-refractivity contribution in [3.05, 3.63) is 16.2 Å². The quantitative estimate of drug-likeness (QED) is 0.439. The van der Waals surface area contributed by atoms with E-state index in [2.05, 4.69) is 26.2 Å². The fourth-order valence-electron chi connectivity index (χ4n) is 3.09. The van der Waals surface area contributed by atoms with Crippen molar-refractivity contribution in [1.29, 1.82) is 0 Å². The fourth-order valence-corrected chi connectivity index (χ4v) is 3.50. The molecular formula is C20H31BrN2O5. The van der Waals surface area contributed by atoms with Crippen LogP contribution in [-0.2, 0) is 15.9 Å². The van der Waals surface area contributed by atoms with Gasteiger partial charge in [0.2, 0.25) is 0 Å². The van der Waals surface area contributed by atoms with E-state index in [1.807, 2.05) is 26.8 Å². The van der Waals surface area contributed by atoms with Crippen molar-refractivity contribution in [2.45, 2.75) is 64.0 Å². The first kappa shape index (κ1) is 22.7. The lowest BCUT2D eigenvalue weighted by Crippen LogP contribution is -2.56. The summed E-state index contributed by atoms with van der Waals surface area (Å²) in [6.07, 6.45) is 3.88.